The second-order valence-corrected chi connectivity index (χ2v) is 3.35. The van der Waals surface area contributed by atoms with Gasteiger partial charge in [0.1, 0.15) is 0 Å². The van der Waals surface area contributed by atoms with Gasteiger partial charge in [-0.05, 0) is 24.9 Å². The lowest BCUT2D eigenvalue weighted by atomic mass is 10.2. The highest BCUT2D eigenvalue weighted by Gasteiger charge is 2.07. The molecule has 1 rings (SSSR count). The lowest BCUT2D eigenvalue weighted by Gasteiger charge is -2.11. The van der Waals surface area contributed by atoms with Crippen molar-refractivity contribution in [2.45, 2.75) is 12.5 Å². The van der Waals surface area contributed by atoms with Gasteiger partial charge in [0.05, 0.1) is 0 Å². The van der Waals surface area contributed by atoms with Gasteiger partial charge in [-0.2, -0.15) is 0 Å². The fourth-order valence-corrected chi connectivity index (χ4v) is 1.92. The Kier molecular flexibility index (Phi) is 3.56. The smallest absolute Gasteiger partial charge is 0.0449 e. The molecule has 0 aliphatic carbocycles. The summed E-state index contributed by atoms with van der Waals surface area (Å²) in [5.74, 6) is 0. The summed E-state index contributed by atoms with van der Waals surface area (Å²) >= 11 is 1.72. The number of nitrogens with one attached hydrogen (secondary N) is 1. The standard InChI is InChI=1S/C8H13NOS/c1-9-7(4-5-10)8-3-2-6-11-8/h2-3,6-7,9-10H,4-5H2,1H3/t7-/m0/s1. The molecule has 0 aliphatic heterocycles. The van der Waals surface area contributed by atoms with E-state index in [1.165, 1.54) is 4.88 Å². The highest BCUT2D eigenvalue weighted by molar-refractivity contribution is 7.10. The molecule has 2 nitrogen and oxygen atoms in total. The first-order chi connectivity index (χ1) is 5.38. The normalized spacial score (nSPS) is 13.3. The van der Waals surface area contributed by atoms with E-state index in [4.69, 9.17) is 5.11 Å². The number of aliphatic hydroxyl groups is 1. The average Bonchev–Trinajstić information content (AvgIpc) is 2.52. The first kappa shape index (κ1) is 8.71. The van der Waals surface area contributed by atoms with Gasteiger partial charge in [-0.1, -0.05) is 6.07 Å². The van der Waals surface area contributed by atoms with Crippen LogP contribution in [-0.2, 0) is 0 Å². The van der Waals surface area contributed by atoms with Crippen molar-refractivity contribution in [2.75, 3.05) is 13.7 Å². The molecule has 0 saturated heterocycles. The van der Waals surface area contributed by atoms with Crippen molar-refractivity contribution in [2.24, 2.45) is 0 Å². The molecule has 62 valence electrons. The minimum atomic E-state index is 0.239. The first-order valence-electron chi connectivity index (χ1n) is 3.70. The molecule has 0 unspecified atom stereocenters. The Bertz CT molecular complexity index is 186. The summed E-state index contributed by atoms with van der Waals surface area (Å²) in [5, 5.41) is 13.9. The van der Waals surface area contributed by atoms with Crippen LogP contribution in [0.5, 0.6) is 0 Å². The average molecular weight is 171 g/mol. The maximum atomic E-state index is 8.73. The van der Waals surface area contributed by atoms with Crippen molar-refractivity contribution in [1.29, 1.82) is 0 Å². The minimum absolute atomic E-state index is 0.239. The van der Waals surface area contributed by atoms with E-state index in [0.717, 1.165) is 6.42 Å². The summed E-state index contributed by atoms with van der Waals surface area (Å²) < 4.78 is 0. The third-order valence-corrected chi connectivity index (χ3v) is 2.64. The molecule has 0 aromatic carbocycles. The predicted molar refractivity (Wildman–Crippen MR) is 47.8 cm³/mol. The van der Waals surface area contributed by atoms with Crippen molar-refractivity contribution in [1.82, 2.24) is 5.32 Å². The van der Waals surface area contributed by atoms with E-state index in [9.17, 15) is 0 Å². The zero-order valence-electron chi connectivity index (χ0n) is 6.58. The van der Waals surface area contributed by atoms with Gasteiger partial charge in [-0.15, -0.1) is 11.3 Å². The third kappa shape index (κ3) is 2.29. The van der Waals surface area contributed by atoms with Crippen LogP contribution in [0.15, 0.2) is 17.5 Å². The molecule has 0 bridgehead atoms. The van der Waals surface area contributed by atoms with Crippen LogP contribution < -0.4 is 5.32 Å². The van der Waals surface area contributed by atoms with Gasteiger partial charge in [-0.3, -0.25) is 0 Å². The molecule has 1 atom stereocenters. The highest BCUT2D eigenvalue weighted by Crippen LogP contribution is 2.20. The Labute approximate surface area is 70.9 Å². The van der Waals surface area contributed by atoms with E-state index in [-0.39, 0.29) is 6.61 Å². The molecule has 0 saturated carbocycles. The quantitative estimate of drug-likeness (QED) is 0.717. The fourth-order valence-electron chi connectivity index (χ4n) is 1.05. The monoisotopic (exact) mass is 171 g/mol. The van der Waals surface area contributed by atoms with E-state index >= 15 is 0 Å². The summed E-state index contributed by atoms with van der Waals surface area (Å²) in [4.78, 5) is 1.29. The molecular formula is C8H13NOS. The molecule has 1 aromatic heterocycles. The second kappa shape index (κ2) is 4.49. The number of rotatable bonds is 4. The van der Waals surface area contributed by atoms with Crippen molar-refractivity contribution in [3.05, 3.63) is 22.4 Å². The van der Waals surface area contributed by atoms with Crippen molar-refractivity contribution in [3.63, 3.8) is 0 Å². The van der Waals surface area contributed by atoms with Crippen molar-refractivity contribution < 1.29 is 5.11 Å². The molecule has 0 spiro atoms. The molecule has 11 heavy (non-hydrogen) atoms. The number of hydrogen-bond donors (Lipinski definition) is 2. The highest BCUT2D eigenvalue weighted by atomic mass is 32.1. The van der Waals surface area contributed by atoms with Gasteiger partial charge < -0.3 is 10.4 Å². The molecular weight excluding hydrogens is 158 g/mol. The maximum Gasteiger partial charge on any atom is 0.0449 e. The summed E-state index contributed by atoms with van der Waals surface area (Å²) in [6.45, 7) is 0.239. The zero-order chi connectivity index (χ0) is 8.10. The van der Waals surface area contributed by atoms with Crippen molar-refractivity contribution in [3.8, 4) is 0 Å². The molecule has 2 N–H and O–H groups in total. The van der Waals surface area contributed by atoms with Crippen LogP contribution in [-0.4, -0.2) is 18.8 Å². The van der Waals surface area contributed by atoms with Crippen LogP contribution in [0, 0.1) is 0 Å². The van der Waals surface area contributed by atoms with Gasteiger partial charge in [0.25, 0.3) is 0 Å². The Hall–Kier alpha value is -0.380. The molecule has 1 aromatic rings. The summed E-state index contributed by atoms with van der Waals surface area (Å²) in [6, 6.07) is 4.43. The Morgan fingerprint density at radius 1 is 1.73 bits per heavy atom. The van der Waals surface area contributed by atoms with Crippen LogP contribution in [0.1, 0.15) is 17.3 Å². The van der Waals surface area contributed by atoms with Crippen LogP contribution >= 0.6 is 11.3 Å². The summed E-state index contributed by atoms with van der Waals surface area (Å²) in [5.41, 5.74) is 0. The van der Waals surface area contributed by atoms with E-state index in [1.807, 2.05) is 13.1 Å². The molecule has 1 heterocycles. The molecule has 3 heteroatoms. The van der Waals surface area contributed by atoms with Crippen molar-refractivity contribution >= 4 is 11.3 Å². The zero-order valence-corrected chi connectivity index (χ0v) is 7.40. The van der Waals surface area contributed by atoms with Crippen LogP contribution in [0.25, 0.3) is 0 Å². The van der Waals surface area contributed by atoms with E-state index < -0.39 is 0 Å². The minimum Gasteiger partial charge on any atom is -0.396 e. The fraction of sp³-hybridized carbons (Fsp3) is 0.500. The summed E-state index contributed by atoms with van der Waals surface area (Å²) in [7, 11) is 1.92. The third-order valence-electron chi connectivity index (χ3n) is 1.65. The number of hydrogen-bond acceptors (Lipinski definition) is 3. The van der Waals surface area contributed by atoms with Crippen LogP contribution in [0.2, 0.25) is 0 Å². The van der Waals surface area contributed by atoms with E-state index in [2.05, 4.69) is 16.8 Å². The maximum absolute atomic E-state index is 8.73. The van der Waals surface area contributed by atoms with E-state index in [0.29, 0.717) is 6.04 Å². The topological polar surface area (TPSA) is 32.3 Å². The second-order valence-electron chi connectivity index (χ2n) is 2.37. The molecule has 0 fully saturated rings. The summed E-state index contributed by atoms with van der Waals surface area (Å²) in [6.07, 6.45) is 0.789. The Balaban J connectivity index is 2.56. The molecule has 0 amide bonds. The number of aliphatic hydroxyl groups excluding tert-OH is 1. The number of thiophene rings is 1. The van der Waals surface area contributed by atoms with Crippen LogP contribution in [0.3, 0.4) is 0 Å². The van der Waals surface area contributed by atoms with Gasteiger partial charge >= 0.3 is 0 Å². The van der Waals surface area contributed by atoms with Gasteiger partial charge in [0, 0.05) is 17.5 Å². The Morgan fingerprint density at radius 2 is 2.55 bits per heavy atom. The van der Waals surface area contributed by atoms with E-state index in [1.54, 1.807) is 11.3 Å². The van der Waals surface area contributed by atoms with Gasteiger partial charge in [-0.25, -0.2) is 0 Å². The van der Waals surface area contributed by atoms with Crippen LogP contribution in [0.4, 0.5) is 0 Å². The predicted octanol–water partition coefficient (Wildman–Crippen LogP) is 1.39. The lowest BCUT2D eigenvalue weighted by molar-refractivity contribution is 0.269. The largest absolute Gasteiger partial charge is 0.396 e. The Morgan fingerprint density at radius 3 is 3.00 bits per heavy atom. The molecule has 0 aliphatic rings. The SMILES string of the molecule is CN[C@@H](CCO)c1cccs1. The lowest BCUT2D eigenvalue weighted by Crippen LogP contribution is -2.16. The first-order valence-corrected chi connectivity index (χ1v) is 4.58. The van der Waals surface area contributed by atoms with Gasteiger partial charge in [0.15, 0.2) is 0 Å². The molecule has 0 radical (unpaired) electrons. The van der Waals surface area contributed by atoms with Gasteiger partial charge in [0.2, 0.25) is 0 Å².